The zero-order chi connectivity index (χ0) is 10.1. The minimum Gasteiger partial charge on any atom is -0.381 e. The third-order valence-electron chi connectivity index (χ3n) is 1.68. The summed E-state index contributed by atoms with van der Waals surface area (Å²) in [6.45, 7) is 0. The Bertz CT molecular complexity index is 494. The van der Waals surface area contributed by atoms with Crippen LogP contribution in [-0.2, 0) is 4.79 Å². The molecule has 1 amide bonds. The molecule has 0 saturated carbocycles. The molecule has 0 saturated heterocycles. The van der Waals surface area contributed by atoms with E-state index in [2.05, 4.69) is 20.3 Å². The fourth-order valence-electron chi connectivity index (χ4n) is 1.08. The van der Waals surface area contributed by atoms with E-state index in [1.807, 2.05) is 0 Å². The summed E-state index contributed by atoms with van der Waals surface area (Å²) in [5.74, 6) is 0.345. The maximum absolute atomic E-state index is 10.2. The second kappa shape index (κ2) is 3.15. The number of hydrogen-bond donors (Lipinski definition) is 3. The van der Waals surface area contributed by atoms with Gasteiger partial charge in [0.2, 0.25) is 6.41 Å². The molecule has 7 heteroatoms. The number of aromatic amines is 1. The van der Waals surface area contributed by atoms with Gasteiger partial charge in [0.1, 0.15) is 5.52 Å². The number of hydrogen-bond acceptors (Lipinski definition) is 4. The summed E-state index contributed by atoms with van der Waals surface area (Å²) >= 11 is 5.81. The Hall–Kier alpha value is -1.82. The lowest BCUT2D eigenvalue weighted by Crippen LogP contribution is -2.03. The van der Waals surface area contributed by atoms with E-state index in [-0.39, 0.29) is 11.6 Å². The first kappa shape index (κ1) is 8.76. The van der Waals surface area contributed by atoms with Crippen LogP contribution in [0.2, 0.25) is 5.02 Å². The number of carbonyl (C=O) groups is 1. The number of nitrogens with zero attached hydrogens (tertiary/aromatic N) is 2. The smallest absolute Gasteiger partial charge is 0.212 e. The number of carbonyl (C=O) groups excluding carboxylic acids is 1. The van der Waals surface area contributed by atoms with E-state index >= 15 is 0 Å². The molecule has 2 rings (SSSR count). The first-order chi connectivity index (χ1) is 6.72. The highest BCUT2D eigenvalue weighted by Gasteiger charge is 2.09. The number of anilines is 2. The largest absolute Gasteiger partial charge is 0.381 e. The third-order valence-corrected chi connectivity index (χ3v) is 1.97. The van der Waals surface area contributed by atoms with Gasteiger partial charge >= 0.3 is 0 Å². The molecule has 14 heavy (non-hydrogen) atoms. The van der Waals surface area contributed by atoms with Gasteiger partial charge in [-0.2, -0.15) is 0 Å². The summed E-state index contributed by atoms with van der Waals surface area (Å²) in [5.41, 5.74) is 6.49. The minimum atomic E-state index is 0.142. The number of aromatic nitrogens is 3. The van der Waals surface area contributed by atoms with E-state index in [1.165, 1.54) is 0 Å². The number of halogens is 1. The van der Waals surface area contributed by atoms with Gasteiger partial charge in [-0.15, -0.1) is 0 Å². The van der Waals surface area contributed by atoms with Crippen LogP contribution >= 0.6 is 11.6 Å². The molecule has 2 heterocycles. The van der Waals surface area contributed by atoms with Gasteiger partial charge in [-0.3, -0.25) is 4.79 Å². The first-order valence-corrected chi connectivity index (χ1v) is 4.10. The van der Waals surface area contributed by atoms with Crippen LogP contribution in [0.15, 0.2) is 6.20 Å². The monoisotopic (exact) mass is 211 g/mol. The maximum atomic E-state index is 10.2. The van der Waals surface area contributed by atoms with Crippen molar-refractivity contribution in [2.24, 2.45) is 0 Å². The van der Waals surface area contributed by atoms with Crippen LogP contribution in [0.5, 0.6) is 0 Å². The molecule has 0 aliphatic heterocycles. The lowest BCUT2D eigenvalue weighted by atomic mass is 10.5. The molecule has 72 valence electrons. The van der Waals surface area contributed by atoms with Crippen molar-refractivity contribution in [1.29, 1.82) is 0 Å². The quantitative estimate of drug-likeness (QED) is 0.639. The van der Waals surface area contributed by atoms with Crippen LogP contribution in [0.4, 0.5) is 11.6 Å². The van der Waals surface area contributed by atoms with Crippen LogP contribution in [0.25, 0.3) is 11.2 Å². The van der Waals surface area contributed by atoms with Gasteiger partial charge in [0.15, 0.2) is 17.3 Å². The Balaban J connectivity index is 2.67. The molecular formula is C7H6ClN5O. The molecule has 2 aromatic heterocycles. The number of nitrogens with one attached hydrogen (secondary N) is 2. The molecule has 0 bridgehead atoms. The molecule has 4 N–H and O–H groups in total. The lowest BCUT2D eigenvalue weighted by molar-refractivity contribution is -0.105. The Morgan fingerprint density at radius 1 is 1.57 bits per heavy atom. The van der Waals surface area contributed by atoms with E-state index in [9.17, 15) is 4.79 Å². The lowest BCUT2D eigenvalue weighted by Gasteiger charge is -2.01. The number of nitrogens with two attached hydrogens (primary N) is 1. The summed E-state index contributed by atoms with van der Waals surface area (Å²) in [4.78, 5) is 21.0. The third kappa shape index (κ3) is 1.25. The van der Waals surface area contributed by atoms with Crippen LogP contribution < -0.4 is 11.1 Å². The van der Waals surface area contributed by atoms with Gasteiger partial charge in [0, 0.05) is 6.20 Å². The van der Waals surface area contributed by atoms with Crippen molar-refractivity contribution in [2.75, 3.05) is 11.1 Å². The number of H-pyrrole nitrogens is 1. The number of fused-ring (bicyclic) bond motifs is 1. The summed E-state index contributed by atoms with van der Waals surface area (Å²) < 4.78 is 0. The zero-order valence-electron chi connectivity index (χ0n) is 6.91. The van der Waals surface area contributed by atoms with Crippen LogP contribution in [0, 0.1) is 0 Å². The Morgan fingerprint density at radius 2 is 2.36 bits per heavy atom. The van der Waals surface area contributed by atoms with Gasteiger partial charge in [-0.1, -0.05) is 11.6 Å². The minimum absolute atomic E-state index is 0.142. The highest BCUT2D eigenvalue weighted by Crippen LogP contribution is 2.23. The molecular weight excluding hydrogens is 206 g/mol. The summed E-state index contributed by atoms with van der Waals surface area (Å²) in [6.07, 6.45) is 2.03. The highest BCUT2D eigenvalue weighted by molar-refractivity contribution is 6.35. The SMILES string of the molecule is Nc1nc2[nH]cc(Cl)c2nc1NC=O. The number of nitrogen functional groups attached to an aromatic ring is 1. The molecule has 0 spiro atoms. The average Bonchev–Trinajstić information content (AvgIpc) is 2.49. The topological polar surface area (TPSA) is 96.7 Å². The number of rotatable bonds is 2. The molecule has 0 fully saturated rings. The average molecular weight is 212 g/mol. The fraction of sp³-hybridized carbons (Fsp3) is 0. The van der Waals surface area contributed by atoms with Crippen molar-refractivity contribution in [3.63, 3.8) is 0 Å². The standard InChI is InChI=1S/C7H6ClN5O/c8-3-1-10-6-4(3)12-7(11-2-14)5(9)13-6/h1-2H,(H3,9,10,13)(H,11,12,14). The van der Waals surface area contributed by atoms with Crippen molar-refractivity contribution in [1.82, 2.24) is 15.0 Å². The molecule has 0 radical (unpaired) electrons. The molecule has 0 unspecified atom stereocenters. The zero-order valence-corrected chi connectivity index (χ0v) is 7.67. The summed E-state index contributed by atoms with van der Waals surface area (Å²) in [6, 6.07) is 0. The normalized spacial score (nSPS) is 10.4. The van der Waals surface area contributed by atoms with Crippen LogP contribution in [0.3, 0.4) is 0 Å². The second-order valence-corrected chi connectivity index (χ2v) is 2.96. The van der Waals surface area contributed by atoms with Crippen molar-refractivity contribution in [3.05, 3.63) is 11.2 Å². The summed E-state index contributed by atoms with van der Waals surface area (Å²) in [7, 11) is 0. The fourth-order valence-corrected chi connectivity index (χ4v) is 1.26. The maximum Gasteiger partial charge on any atom is 0.212 e. The molecule has 0 aliphatic rings. The van der Waals surface area contributed by atoms with Gasteiger partial charge < -0.3 is 16.0 Å². The van der Waals surface area contributed by atoms with Crippen molar-refractivity contribution < 1.29 is 4.79 Å². The Morgan fingerprint density at radius 3 is 3.07 bits per heavy atom. The van der Waals surface area contributed by atoms with Gasteiger partial charge in [0.05, 0.1) is 5.02 Å². The van der Waals surface area contributed by atoms with Crippen molar-refractivity contribution in [2.45, 2.75) is 0 Å². The van der Waals surface area contributed by atoms with Crippen molar-refractivity contribution >= 4 is 40.8 Å². The predicted octanol–water partition coefficient (Wildman–Crippen LogP) is 0.762. The van der Waals surface area contributed by atoms with Gasteiger partial charge in [-0.05, 0) is 0 Å². The van der Waals surface area contributed by atoms with Crippen LogP contribution in [0.1, 0.15) is 0 Å². The molecule has 0 aliphatic carbocycles. The first-order valence-electron chi connectivity index (χ1n) is 3.72. The molecule has 6 nitrogen and oxygen atoms in total. The molecule has 2 aromatic rings. The number of amides is 1. The van der Waals surface area contributed by atoms with E-state index in [0.717, 1.165) is 0 Å². The second-order valence-electron chi connectivity index (χ2n) is 2.55. The molecule has 0 aromatic carbocycles. The van der Waals surface area contributed by atoms with E-state index in [0.29, 0.717) is 22.6 Å². The molecule has 0 atom stereocenters. The van der Waals surface area contributed by atoms with E-state index in [1.54, 1.807) is 6.20 Å². The predicted molar refractivity (Wildman–Crippen MR) is 53.0 cm³/mol. The van der Waals surface area contributed by atoms with Crippen LogP contribution in [-0.4, -0.2) is 21.4 Å². The van der Waals surface area contributed by atoms with Gasteiger partial charge in [0.25, 0.3) is 0 Å². The Kier molecular flexibility index (Phi) is 1.97. The van der Waals surface area contributed by atoms with E-state index in [4.69, 9.17) is 17.3 Å². The van der Waals surface area contributed by atoms with Gasteiger partial charge in [-0.25, -0.2) is 9.97 Å². The van der Waals surface area contributed by atoms with Crippen molar-refractivity contribution in [3.8, 4) is 0 Å². The van der Waals surface area contributed by atoms with E-state index < -0.39 is 0 Å². The summed E-state index contributed by atoms with van der Waals surface area (Å²) in [5, 5.41) is 2.77. The Labute approximate surface area is 83.5 Å². The highest BCUT2D eigenvalue weighted by atomic mass is 35.5.